The van der Waals surface area contributed by atoms with Crippen molar-refractivity contribution in [1.82, 2.24) is 0 Å². The summed E-state index contributed by atoms with van der Waals surface area (Å²) in [4.78, 5) is 10.8. The van der Waals surface area contributed by atoms with Gasteiger partial charge < -0.3 is 10.5 Å². The van der Waals surface area contributed by atoms with Crippen molar-refractivity contribution < 1.29 is 9.53 Å². The van der Waals surface area contributed by atoms with E-state index in [2.05, 4.69) is 4.74 Å². The van der Waals surface area contributed by atoms with Crippen LogP contribution in [-0.2, 0) is 9.53 Å². The van der Waals surface area contributed by atoms with Crippen LogP contribution in [0.5, 0.6) is 0 Å². The number of carbonyl (C=O) groups excluding carboxylic acids is 1. The van der Waals surface area contributed by atoms with Crippen molar-refractivity contribution in [2.75, 3.05) is 20.3 Å². The van der Waals surface area contributed by atoms with Gasteiger partial charge in [0.05, 0.1) is 0 Å². The lowest BCUT2D eigenvalue weighted by Gasteiger charge is -2.04. The summed E-state index contributed by atoms with van der Waals surface area (Å²) in [6.45, 7) is 2.38. The van der Waals surface area contributed by atoms with Crippen molar-refractivity contribution in [2.45, 2.75) is 6.92 Å². The van der Waals surface area contributed by atoms with E-state index < -0.39 is 0 Å². The lowest BCUT2D eigenvalue weighted by atomic mass is 10.1. The van der Waals surface area contributed by atoms with Crippen LogP contribution in [-0.4, -0.2) is 26.0 Å². The summed E-state index contributed by atoms with van der Waals surface area (Å²) in [6, 6.07) is 0. The van der Waals surface area contributed by atoms with Crippen LogP contribution in [0.25, 0.3) is 0 Å². The molecule has 0 aliphatic rings. The Hall–Kier alpha value is -0.410. The topological polar surface area (TPSA) is 52.3 Å². The highest BCUT2D eigenvalue weighted by Gasteiger charge is 2.08. The highest BCUT2D eigenvalue weighted by atomic mass is 16.5. The minimum absolute atomic E-state index is 0.0649. The molecular formula is C6H13NO2. The fourth-order valence-electron chi connectivity index (χ4n) is 0.416. The minimum atomic E-state index is -0.0649. The van der Waals surface area contributed by atoms with E-state index in [1.807, 2.05) is 0 Å². The zero-order valence-corrected chi connectivity index (χ0v) is 5.89. The third kappa shape index (κ3) is 3.21. The Balaban J connectivity index is 3.46. The molecule has 0 fully saturated rings. The molecular weight excluding hydrogens is 118 g/mol. The molecule has 1 unspecified atom stereocenters. The summed E-state index contributed by atoms with van der Waals surface area (Å²) in [5.74, 6) is 0.00458. The third-order valence-electron chi connectivity index (χ3n) is 1.19. The van der Waals surface area contributed by atoms with Crippen LogP contribution in [0.3, 0.4) is 0 Å². The molecule has 0 saturated carbocycles. The summed E-state index contributed by atoms with van der Waals surface area (Å²) >= 11 is 0. The van der Waals surface area contributed by atoms with Crippen molar-refractivity contribution >= 4 is 5.78 Å². The summed E-state index contributed by atoms with van der Waals surface area (Å²) in [6.07, 6.45) is 0. The first-order chi connectivity index (χ1) is 4.22. The third-order valence-corrected chi connectivity index (χ3v) is 1.19. The first-order valence-corrected chi connectivity index (χ1v) is 2.94. The maximum absolute atomic E-state index is 10.8. The molecule has 0 aliphatic heterocycles. The molecule has 3 heteroatoms. The molecule has 9 heavy (non-hydrogen) atoms. The Morgan fingerprint density at radius 2 is 2.33 bits per heavy atom. The molecule has 54 valence electrons. The largest absolute Gasteiger partial charge is 0.377 e. The van der Waals surface area contributed by atoms with E-state index in [0.717, 1.165) is 0 Å². The Labute approximate surface area is 55.2 Å². The number of nitrogens with two attached hydrogens (primary N) is 1. The van der Waals surface area contributed by atoms with Crippen molar-refractivity contribution in [3.05, 3.63) is 0 Å². The van der Waals surface area contributed by atoms with Crippen molar-refractivity contribution in [2.24, 2.45) is 11.7 Å². The maximum Gasteiger partial charge on any atom is 0.162 e. The van der Waals surface area contributed by atoms with Gasteiger partial charge in [-0.25, -0.2) is 0 Å². The molecule has 0 aromatic heterocycles. The van der Waals surface area contributed by atoms with Crippen LogP contribution in [0.15, 0.2) is 0 Å². The van der Waals surface area contributed by atoms with Crippen LogP contribution in [0.1, 0.15) is 6.92 Å². The zero-order valence-electron chi connectivity index (χ0n) is 5.89. The van der Waals surface area contributed by atoms with Crippen LogP contribution in [0, 0.1) is 5.92 Å². The fraction of sp³-hybridized carbons (Fsp3) is 0.833. The summed E-state index contributed by atoms with van der Waals surface area (Å²) < 4.78 is 4.62. The molecule has 3 nitrogen and oxygen atoms in total. The Kier molecular flexibility index (Phi) is 4.26. The van der Waals surface area contributed by atoms with Gasteiger partial charge in [-0.2, -0.15) is 0 Å². The average molecular weight is 131 g/mol. The predicted octanol–water partition coefficient (Wildman–Crippen LogP) is -0.203. The van der Waals surface area contributed by atoms with E-state index in [1.165, 1.54) is 7.11 Å². The van der Waals surface area contributed by atoms with Crippen molar-refractivity contribution in [3.8, 4) is 0 Å². The molecule has 2 N–H and O–H groups in total. The Bertz CT molecular complexity index is 93.1. The second kappa shape index (κ2) is 4.47. The minimum Gasteiger partial charge on any atom is -0.377 e. The van der Waals surface area contributed by atoms with E-state index in [-0.39, 0.29) is 18.3 Å². The molecule has 0 heterocycles. The number of methoxy groups -OCH3 is 1. The number of hydrogen-bond acceptors (Lipinski definition) is 3. The zero-order chi connectivity index (χ0) is 7.28. The number of hydrogen-bond donors (Lipinski definition) is 1. The average Bonchev–Trinajstić information content (AvgIpc) is 1.87. The van der Waals surface area contributed by atoms with Crippen LogP contribution in [0.4, 0.5) is 0 Å². The quantitative estimate of drug-likeness (QED) is 0.574. The number of ketones is 1. The van der Waals surface area contributed by atoms with Gasteiger partial charge in [0.1, 0.15) is 6.61 Å². The van der Waals surface area contributed by atoms with E-state index in [1.54, 1.807) is 6.92 Å². The van der Waals surface area contributed by atoms with Gasteiger partial charge in [0.25, 0.3) is 0 Å². The van der Waals surface area contributed by atoms with Crippen molar-refractivity contribution in [3.63, 3.8) is 0 Å². The van der Waals surface area contributed by atoms with Gasteiger partial charge in [-0.15, -0.1) is 0 Å². The predicted molar refractivity (Wildman–Crippen MR) is 35.1 cm³/mol. The van der Waals surface area contributed by atoms with E-state index >= 15 is 0 Å². The van der Waals surface area contributed by atoms with Gasteiger partial charge in [0, 0.05) is 19.6 Å². The number of carbonyl (C=O) groups is 1. The SMILES string of the molecule is COCC(=O)C(C)CN. The second-order valence-corrected chi connectivity index (χ2v) is 2.04. The van der Waals surface area contributed by atoms with Crippen LogP contribution in [0.2, 0.25) is 0 Å². The molecule has 0 aromatic rings. The lowest BCUT2D eigenvalue weighted by molar-refractivity contribution is -0.125. The fourth-order valence-corrected chi connectivity index (χ4v) is 0.416. The number of Topliss-reactive ketones (excluding diaryl/α,β-unsaturated/α-hetero) is 1. The normalized spacial score (nSPS) is 13.2. The Morgan fingerprint density at radius 3 is 2.67 bits per heavy atom. The van der Waals surface area contributed by atoms with Gasteiger partial charge >= 0.3 is 0 Å². The van der Waals surface area contributed by atoms with Gasteiger partial charge in [0.15, 0.2) is 5.78 Å². The van der Waals surface area contributed by atoms with E-state index in [4.69, 9.17) is 5.73 Å². The highest BCUT2D eigenvalue weighted by Crippen LogP contribution is 1.92. The van der Waals surface area contributed by atoms with Gasteiger partial charge in [-0.3, -0.25) is 4.79 Å². The maximum atomic E-state index is 10.8. The number of rotatable bonds is 4. The monoisotopic (exact) mass is 131 g/mol. The highest BCUT2D eigenvalue weighted by molar-refractivity contribution is 5.82. The molecule has 0 aliphatic carbocycles. The molecule has 0 amide bonds. The van der Waals surface area contributed by atoms with E-state index in [9.17, 15) is 4.79 Å². The second-order valence-electron chi connectivity index (χ2n) is 2.04. The molecule has 1 atom stereocenters. The van der Waals surface area contributed by atoms with Gasteiger partial charge in [-0.1, -0.05) is 6.92 Å². The summed E-state index contributed by atoms with van der Waals surface area (Å²) in [7, 11) is 1.50. The van der Waals surface area contributed by atoms with E-state index in [0.29, 0.717) is 6.54 Å². The van der Waals surface area contributed by atoms with Crippen LogP contribution >= 0.6 is 0 Å². The smallest absolute Gasteiger partial charge is 0.162 e. The molecule has 0 saturated heterocycles. The Morgan fingerprint density at radius 1 is 1.78 bits per heavy atom. The molecule has 0 rings (SSSR count). The molecule has 0 spiro atoms. The standard InChI is InChI=1S/C6H13NO2/c1-5(3-7)6(8)4-9-2/h5H,3-4,7H2,1-2H3. The lowest BCUT2D eigenvalue weighted by Crippen LogP contribution is -2.23. The van der Waals surface area contributed by atoms with Gasteiger partial charge in [-0.05, 0) is 0 Å². The van der Waals surface area contributed by atoms with Crippen LogP contribution < -0.4 is 5.73 Å². The van der Waals surface area contributed by atoms with Crippen molar-refractivity contribution in [1.29, 1.82) is 0 Å². The first kappa shape index (κ1) is 8.59. The first-order valence-electron chi connectivity index (χ1n) is 2.94. The van der Waals surface area contributed by atoms with Gasteiger partial charge in [0.2, 0.25) is 0 Å². The summed E-state index contributed by atoms with van der Waals surface area (Å²) in [5.41, 5.74) is 5.23. The number of ether oxygens (including phenoxy) is 1. The molecule has 0 bridgehead atoms. The summed E-state index contributed by atoms with van der Waals surface area (Å²) in [5, 5.41) is 0. The molecule has 0 aromatic carbocycles. The molecule has 0 radical (unpaired) electrons.